The van der Waals surface area contributed by atoms with E-state index in [1.807, 2.05) is 16.7 Å². The Morgan fingerprint density at radius 1 is 1.20 bits per heavy atom. The number of hydrogen-bond acceptors (Lipinski definition) is 5. The summed E-state index contributed by atoms with van der Waals surface area (Å²) in [5.74, 6) is 0.176. The third-order valence-corrected chi connectivity index (χ3v) is 6.89. The van der Waals surface area contributed by atoms with Gasteiger partial charge in [0.05, 0.1) is 27.7 Å². The molecule has 0 aliphatic heterocycles. The number of carbonyl (C=O) groups excluding carboxylic acids is 1. The first-order valence-electron chi connectivity index (χ1n) is 11.4. The second-order valence-electron chi connectivity index (χ2n) is 8.52. The lowest BCUT2D eigenvalue weighted by atomic mass is 9.98. The van der Waals surface area contributed by atoms with Gasteiger partial charge >= 0.3 is 0 Å². The number of benzene rings is 2. The molecule has 2 unspecified atom stereocenters. The van der Waals surface area contributed by atoms with Crippen LogP contribution < -0.4 is 10.6 Å². The molecule has 0 aliphatic rings. The summed E-state index contributed by atoms with van der Waals surface area (Å²) >= 11 is 12.4. The van der Waals surface area contributed by atoms with Crippen molar-refractivity contribution in [3.63, 3.8) is 0 Å². The van der Waals surface area contributed by atoms with Crippen LogP contribution in [0.3, 0.4) is 0 Å². The van der Waals surface area contributed by atoms with Gasteiger partial charge in [-0.3, -0.25) is 14.9 Å². The van der Waals surface area contributed by atoms with Crippen molar-refractivity contribution in [3.8, 4) is 0 Å². The van der Waals surface area contributed by atoms with Gasteiger partial charge < -0.3 is 15.2 Å². The van der Waals surface area contributed by atoms with Crippen LogP contribution in [0.2, 0.25) is 10.0 Å². The van der Waals surface area contributed by atoms with E-state index < -0.39 is 4.92 Å². The molecular weight excluding hydrogens is 489 g/mol. The number of amides is 1. The maximum absolute atomic E-state index is 12.9. The van der Waals surface area contributed by atoms with Gasteiger partial charge in [-0.05, 0) is 23.1 Å². The highest BCUT2D eigenvalue weighted by atomic mass is 35.5. The number of carbonyl (C=O) groups is 1. The van der Waals surface area contributed by atoms with Crippen LogP contribution in [0, 0.1) is 16.0 Å². The fourth-order valence-corrected chi connectivity index (χ4v) is 4.09. The van der Waals surface area contributed by atoms with E-state index in [9.17, 15) is 14.9 Å². The molecule has 0 aliphatic carbocycles. The van der Waals surface area contributed by atoms with Crippen LogP contribution in [0.5, 0.6) is 0 Å². The second kappa shape index (κ2) is 12.7. The lowest BCUT2D eigenvalue weighted by Crippen LogP contribution is -2.46. The number of non-ortho nitro benzene ring substituents is 1. The summed E-state index contributed by atoms with van der Waals surface area (Å²) in [6.45, 7) is 5.81. The minimum Gasteiger partial charge on any atom is -0.351 e. The van der Waals surface area contributed by atoms with Gasteiger partial charge in [-0.25, -0.2) is 4.98 Å². The first kappa shape index (κ1) is 26.7. The fourth-order valence-electron chi connectivity index (χ4n) is 3.71. The van der Waals surface area contributed by atoms with Gasteiger partial charge in [-0.2, -0.15) is 0 Å². The average Bonchev–Trinajstić information content (AvgIpc) is 3.27. The SMILES string of the molecule is CCC(C)C(CNCc1cccc(Cl)c1Cl)NC(=O)Cc1cncn1Cc1ccc([N+](=O)[O-])cc1. The Labute approximate surface area is 214 Å². The highest BCUT2D eigenvalue weighted by molar-refractivity contribution is 6.42. The zero-order valence-electron chi connectivity index (χ0n) is 19.7. The molecule has 0 spiro atoms. The zero-order valence-corrected chi connectivity index (χ0v) is 21.2. The molecule has 186 valence electrons. The number of hydrogen-bond donors (Lipinski definition) is 2. The Kier molecular flexibility index (Phi) is 9.65. The Hall–Kier alpha value is -2.94. The molecule has 3 rings (SSSR count). The number of aromatic nitrogens is 2. The maximum Gasteiger partial charge on any atom is 0.269 e. The van der Waals surface area contributed by atoms with Crippen LogP contribution in [0.1, 0.15) is 37.1 Å². The van der Waals surface area contributed by atoms with Gasteiger partial charge in [0.15, 0.2) is 0 Å². The molecule has 1 amide bonds. The first-order chi connectivity index (χ1) is 16.8. The summed E-state index contributed by atoms with van der Waals surface area (Å²) < 4.78 is 1.87. The molecule has 0 saturated heterocycles. The third kappa shape index (κ3) is 7.52. The molecule has 3 aromatic rings. The van der Waals surface area contributed by atoms with Gasteiger partial charge in [-0.15, -0.1) is 0 Å². The van der Waals surface area contributed by atoms with Crippen molar-refractivity contribution in [2.24, 2.45) is 5.92 Å². The summed E-state index contributed by atoms with van der Waals surface area (Å²) in [7, 11) is 0. The fraction of sp³-hybridized carbons (Fsp3) is 0.360. The minimum atomic E-state index is -0.428. The molecule has 8 nitrogen and oxygen atoms in total. The maximum atomic E-state index is 12.9. The van der Waals surface area contributed by atoms with Crippen molar-refractivity contribution in [1.82, 2.24) is 20.2 Å². The number of rotatable bonds is 12. The molecule has 10 heteroatoms. The van der Waals surface area contributed by atoms with Gasteiger partial charge in [-0.1, -0.05) is 67.7 Å². The lowest BCUT2D eigenvalue weighted by Gasteiger charge is -2.25. The highest BCUT2D eigenvalue weighted by Gasteiger charge is 2.19. The molecular formula is C25H29Cl2N5O3. The van der Waals surface area contributed by atoms with E-state index in [4.69, 9.17) is 23.2 Å². The Bertz CT molecular complexity index is 1150. The lowest BCUT2D eigenvalue weighted by molar-refractivity contribution is -0.384. The molecule has 0 bridgehead atoms. The average molecular weight is 518 g/mol. The molecule has 2 aromatic carbocycles. The Morgan fingerprint density at radius 2 is 1.94 bits per heavy atom. The number of nitrogens with one attached hydrogen (secondary N) is 2. The van der Waals surface area contributed by atoms with Crippen molar-refractivity contribution in [3.05, 3.63) is 92.0 Å². The van der Waals surface area contributed by atoms with E-state index in [0.29, 0.717) is 29.7 Å². The third-order valence-electron chi connectivity index (χ3n) is 6.03. The minimum absolute atomic E-state index is 0.0429. The molecule has 2 N–H and O–H groups in total. The van der Waals surface area contributed by atoms with Gasteiger partial charge in [0.1, 0.15) is 0 Å². The van der Waals surface area contributed by atoms with E-state index in [1.54, 1.807) is 30.7 Å². The predicted molar refractivity (Wildman–Crippen MR) is 138 cm³/mol. The smallest absolute Gasteiger partial charge is 0.269 e. The van der Waals surface area contributed by atoms with E-state index in [1.165, 1.54) is 12.1 Å². The van der Waals surface area contributed by atoms with Crippen LogP contribution in [0.4, 0.5) is 5.69 Å². The zero-order chi connectivity index (χ0) is 25.4. The van der Waals surface area contributed by atoms with Gasteiger partial charge in [0, 0.05) is 49.7 Å². The van der Waals surface area contributed by atoms with Crippen LogP contribution in [-0.4, -0.2) is 33.0 Å². The van der Waals surface area contributed by atoms with Gasteiger partial charge in [0.25, 0.3) is 5.69 Å². The van der Waals surface area contributed by atoms with Crippen LogP contribution in [0.25, 0.3) is 0 Å². The first-order valence-corrected chi connectivity index (χ1v) is 12.2. The largest absolute Gasteiger partial charge is 0.351 e. The topological polar surface area (TPSA) is 102 Å². The van der Waals surface area contributed by atoms with E-state index in [2.05, 4.69) is 29.5 Å². The van der Waals surface area contributed by atoms with Crippen LogP contribution >= 0.6 is 23.2 Å². The van der Waals surface area contributed by atoms with Crippen molar-refractivity contribution in [2.45, 2.75) is 45.8 Å². The molecule has 35 heavy (non-hydrogen) atoms. The number of nitro groups is 1. The number of nitrogens with zero attached hydrogens (tertiary/aromatic N) is 3. The summed E-state index contributed by atoms with van der Waals surface area (Å²) in [4.78, 5) is 27.5. The number of nitro benzene ring substituents is 1. The standard InChI is InChI=1S/C25H29Cl2N5O3/c1-3-17(2)23(14-28-12-19-5-4-6-22(26)25(19)27)30-24(33)11-21-13-29-16-31(21)15-18-7-9-20(10-8-18)32(34)35/h4-10,13,16-17,23,28H,3,11-12,14-15H2,1-2H3,(H,30,33). The summed E-state index contributed by atoms with van der Waals surface area (Å²) in [6.07, 6.45) is 4.43. The van der Waals surface area contributed by atoms with Crippen LogP contribution in [-0.2, 0) is 24.3 Å². The number of halogens is 2. The number of imidazole rings is 1. The monoisotopic (exact) mass is 517 g/mol. The van der Waals surface area contributed by atoms with Crippen molar-refractivity contribution >= 4 is 34.8 Å². The predicted octanol–water partition coefficient (Wildman–Crippen LogP) is 5.01. The normalized spacial score (nSPS) is 12.8. The molecule has 1 heterocycles. The summed E-state index contributed by atoms with van der Waals surface area (Å²) in [5.41, 5.74) is 2.60. The highest BCUT2D eigenvalue weighted by Crippen LogP contribution is 2.25. The van der Waals surface area contributed by atoms with E-state index >= 15 is 0 Å². The molecule has 0 fully saturated rings. The van der Waals surface area contributed by atoms with Crippen LogP contribution in [0.15, 0.2) is 55.0 Å². The van der Waals surface area contributed by atoms with Crippen molar-refractivity contribution in [2.75, 3.05) is 6.54 Å². The van der Waals surface area contributed by atoms with E-state index in [0.717, 1.165) is 23.2 Å². The molecule has 0 saturated carbocycles. The Morgan fingerprint density at radius 3 is 2.63 bits per heavy atom. The van der Waals surface area contributed by atoms with Crippen molar-refractivity contribution < 1.29 is 9.72 Å². The quantitative estimate of drug-likeness (QED) is 0.259. The van der Waals surface area contributed by atoms with Crippen molar-refractivity contribution in [1.29, 1.82) is 0 Å². The molecule has 2 atom stereocenters. The molecule has 1 aromatic heterocycles. The molecule has 0 radical (unpaired) electrons. The summed E-state index contributed by atoms with van der Waals surface area (Å²) in [6, 6.07) is 11.8. The van der Waals surface area contributed by atoms with E-state index in [-0.39, 0.29) is 30.0 Å². The van der Waals surface area contributed by atoms with Gasteiger partial charge in [0.2, 0.25) is 5.91 Å². The second-order valence-corrected chi connectivity index (χ2v) is 9.30. The Balaban J connectivity index is 1.58. The summed E-state index contributed by atoms with van der Waals surface area (Å²) in [5, 5.41) is 18.4.